The summed E-state index contributed by atoms with van der Waals surface area (Å²) in [6.45, 7) is 1.65. The molecule has 1 unspecified atom stereocenters. The normalized spacial score (nSPS) is 13.5. The average Bonchev–Trinajstić information content (AvgIpc) is 2.34. The summed E-state index contributed by atoms with van der Waals surface area (Å²) in [6.07, 6.45) is -0.545. The molecule has 1 heterocycles. The van der Waals surface area contributed by atoms with Crippen LogP contribution >= 0.6 is 15.9 Å². The molecule has 0 aromatic carbocycles. The summed E-state index contributed by atoms with van der Waals surface area (Å²) in [5.41, 5.74) is 0.578. The second-order valence-electron chi connectivity index (χ2n) is 2.03. The molecular weight excluding hydrogens is 198 g/mol. The van der Waals surface area contributed by atoms with Gasteiger partial charge in [-0.1, -0.05) is 21.1 Å². The van der Waals surface area contributed by atoms with Gasteiger partial charge in [-0.2, -0.15) is 0 Å². The molecule has 1 aromatic rings. The average molecular weight is 206 g/mol. The third-order valence-electron chi connectivity index (χ3n) is 1.14. The number of aromatic nitrogens is 1. The predicted octanol–water partition coefficient (Wildman–Crippen LogP) is 1.62. The Balaban J connectivity index is 2.78. The zero-order valence-electron chi connectivity index (χ0n) is 5.54. The van der Waals surface area contributed by atoms with Gasteiger partial charge in [0.1, 0.15) is 11.5 Å². The van der Waals surface area contributed by atoms with E-state index in [1.165, 1.54) is 0 Å². The van der Waals surface area contributed by atoms with E-state index >= 15 is 0 Å². The molecule has 0 bridgehead atoms. The third-order valence-corrected chi connectivity index (χ3v) is 1.69. The van der Waals surface area contributed by atoms with E-state index < -0.39 is 6.10 Å². The second kappa shape index (κ2) is 3.16. The van der Waals surface area contributed by atoms with Crippen LogP contribution in [0.2, 0.25) is 0 Å². The topological polar surface area (TPSA) is 46.3 Å². The summed E-state index contributed by atoms with van der Waals surface area (Å²) >= 11 is 3.20. The quantitative estimate of drug-likeness (QED) is 0.748. The Labute approximate surface area is 67.2 Å². The van der Waals surface area contributed by atoms with Crippen LogP contribution in [0.15, 0.2) is 10.6 Å². The molecule has 0 saturated heterocycles. The zero-order chi connectivity index (χ0) is 7.56. The van der Waals surface area contributed by atoms with Crippen molar-refractivity contribution in [3.8, 4) is 0 Å². The maximum Gasteiger partial charge on any atom is 0.147 e. The van der Waals surface area contributed by atoms with Gasteiger partial charge in [0.15, 0.2) is 0 Å². The summed E-state index contributed by atoms with van der Waals surface area (Å²) < 4.78 is 4.82. The van der Waals surface area contributed by atoms with Gasteiger partial charge >= 0.3 is 0 Å². The lowest BCUT2D eigenvalue weighted by Crippen LogP contribution is -1.88. The van der Waals surface area contributed by atoms with E-state index in [2.05, 4.69) is 21.1 Å². The maximum atomic E-state index is 8.99. The number of rotatable bonds is 2. The van der Waals surface area contributed by atoms with Crippen LogP contribution < -0.4 is 0 Å². The van der Waals surface area contributed by atoms with Crippen molar-refractivity contribution >= 4 is 15.9 Å². The van der Waals surface area contributed by atoms with Gasteiger partial charge in [0.25, 0.3) is 0 Å². The van der Waals surface area contributed by atoms with E-state index in [-0.39, 0.29) is 0 Å². The van der Waals surface area contributed by atoms with Gasteiger partial charge < -0.3 is 9.63 Å². The lowest BCUT2D eigenvalue weighted by molar-refractivity contribution is 0.187. The van der Waals surface area contributed by atoms with Crippen molar-refractivity contribution in [1.29, 1.82) is 0 Å². The molecule has 1 atom stereocenters. The molecule has 56 valence electrons. The Hall–Kier alpha value is -0.350. The first-order valence-corrected chi connectivity index (χ1v) is 4.05. The van der Waals surface area contributed by atoms with E-state index in [4.69, 9.17) is 9.63 Å². The minimum atomic E-state index is -0.545. The van der Waals surface area contributed by atoms with Crippen molar-refractivity contribution < 1.29 is 9.63 Å². The standard InChI is InChI=1S/C6H8BrNO2/c1-4(9)6-2-5(3-7)10-8-6/h2,4,9H,3H2,1H3. The summed E-state index contributed by atoms with van der Waals surface area (Å²) in [7, 11) is 0. The number of halogens is 1. The van der Waals surface area contributed by atoms with Gasteiger partial charge in [0.05, 0.1) is 11.4 Å². The van der Waals surface area contributed by atoms with E-state index in [1.807, 2.05) is 0 Å². The molecule has 0 amide bonds. The van der Waals surface area contributed by atoms with Gasteiger partial charge in [0.2, 0.25) is 0 Å². The molecule has 4 heteroatoms. The summed E-state index contributed by atoms with van der Waals surface area (Å²) in [6, 6.07) is 1.72. The van der Waals surface area contributed by atoms with Gasteiger partial charge in [0, 0.05) is 6.07 Å². The highest BCUT2D eigenvalue weighted by molar-refractivity contribution is 9.08. The third kappa shape index (κ3) is 1.58. The fourth-order valence-electron chi connectivity index (χ4n) is 0.589. The molecule has 0 aliphatic heterocycles. The van der Waals surface area contributed by atoms with Crippen molar-refractivity contribution in [2.45, 2.75) is 18.4 Å². The highest BCUT2D eigenvalue weighted by Crippen LogP contribution is 2.13. The van der Waals surface area contributed by atoms with E-state index in [9.17, 15) is 0 Å². The number of aliphatic hydroxyl groups is 1. The number of hydrogen-bond donors (Lipinski definition) is 1. The summed E-state index contributed by atoms with van der Waals surface area (Å²) in [5, 5.41) is 13.3. The van der Waals surface area contributed by atoms with Gasteiger partial charge in [-0.05, 0) is 6.92 Å². The molecule has 3 nitrogen and oxygen atoms in total. The van der Waals surface area contributed by atoms with Gasteiger partial charge in [-0.15, -0.1) is 0 Å². The Morgan fingerprint density at radius 3 is 2.90 bits per heavy atom. The van der Waals surface area contributed by atoms with Crippen LogP contribution in [0.25, 0.3) is 0 Å². The Morgan fingerprint density at radius 1 is 1.90 bits per heavy atom. The fraction of sp³-hybridized carbons (Fsp3) is 0.500. The van der Waals surface area contributed by atoms with Crippen molar-refractivity contribution in [3.63, 3.8) is 0 Å². The first kappa shape index (κ1) is 7.75. The summed E-state index contributed by atoms with van der Waals surface area (Å²) in [4.78, 5) is 0. The van der Waals surface area contributed by atoms with Crippen LogP contribution in [-0.4, -0.2) is 10.3 Å². The molecule has 0 saturated carbocycles. The maximum absolute atomic E-state index is 8.99. The van der Waals surface area contributed by atoms with Crippen molar-refractivity contribution in [2.24, 2.45) is 0 Å². The Morgan fingerprint density at radius 2 is 2.60 bits per heavy atom. The molecule has 1 aromatic heterocycles. The molecular formula is C6H8BrNO2. The highest BCUT2D eigenvalue weighted by Gasteiger charge is 2.06. The van der Waals surface area contributed by atoms with Crippen molar-refractivity contribution in [1.82, 2.24) is 5.16 Å². The van der Waals surface area contributed by atoms with Crippen LogP contribution in [0.5, 0.6) is 0 Å². The van der Waals surface area contributed by atoms with Crippen molar-refractivity contribution in [2.75, 3.05) is 0 Å². The first-order chi connectivity index (χ1) is 4.74. The molecule has 0 aliphatic rings. The smallest absolute Gasteiger partial charge is 0.147 e. The molecule has 0 fully saturated rings. The molecule has 10 heavy (non-hydrogen) atoms. The lowest BCUT2D eigenvalue weighted by Gasteiger charge is -1.92. The van der Waals surface area contributed by atoms with Crippen LogP contribution in [0.1, 0.15) is 24.5 Å². The molecule has 0 radical (unpaired) electrons. The van der Waals surface area contributed by atoms with Crippen LogP contribution in [0.4, 0.5) is 0 Å². The zero-order valence-corrected chi connectivity index (χ0v) is 7.13. The Kier molecular flexibility index (Phi) is 2.45. The molecule has 0 aliphatic carbocycles. The van der Waals surface area contributed by atoms with Crippen LogP contribution in [0, 0.1) is 0 Å². The van der Waals surface area contributed by atoms with E-state index in [0.717, 1.165) is 5.76 Å². The molecule has 1 rings (SSSR count). The minimum absolute atomic E-state index is 0.545. The molecule has 1 N–H and O–H groups in total. The van der Waals surface area contributed by atoms with Crippen LogP contribution in [0.3, 0.4) is 0 Å². The lowest BCUT2D eigenvalue weighted by atomic mass is 10.3. The van der Waals surface area contributed by atoms with E-state index in [1.54, 1.807) is 13.0 Å². The number of aliphatic hydroxyl groups excluding tert-OH is 1. The Bertz CT molecular complexity index is 209. The first-order valence-electron chi connectivity index (χ1n) is 2.93. The fourth-order valence-corrected chi connectivity index (χ4v) is 0.853. The number of hydrogen-bond acceptors (Lipinski definition) is 3. The predicted molar refractivity (Wildman–Crippen MR) is 39.8 cm³/mol. The largest absolute Gasteiger partial charge is 0.387 e. The number of nitrogens with zero attached hydrogens (tertiary/aromatic N) is 1. The van der Waals surface area contributed by atoms with Crippen molar-refractivity contribution in [3.05, 3.63) is 17.5 Å². The summed E-state index contributed by atoms with van der Waals surface area (Å²) in [5.74, 6) is 0.732. The van der Waals surface area contributed by atoms with Gasteiger partial charge in [-0.25, -0.2) is 0 Å². The SMILES string of the molecule is CC(O)c1cc(CBr)on1. The second-order valence-corrected chi connectivity index (χ2v) is 2.59. The monoisotopic (exact) mass is 205 g/mol. The number of alkyl halides is 1. The minimum Gasteiger partial charge on any atom is -0.387 e. The van der Waals surface area contributed by atoms with Gasteiger partial charge in [-0.3, -0.25) is 0 Å². The van der Waals surface area contributed by atoms with Crippen LogP contribution in [-0.2, 0) is 5.33 Å². The van der Waals surface area contributed by atoms with E-state index in [0.29, 0.717) is 11.0 Å². The molecule has 0 spiro atoms. The highest BCUT2D eigenvalue weighted by atomic mass is 79.9.